The first-order valence-corrected chi connectivity index (χ1v) is 5.25. The van der Waals surface area contributed by atoms with E-state index in [0.717, 1.165) is 18.7 Å². The van der Waals surface area contributed by atoms with Gasteiger partial charge in [0, 0.05) is 13.1 Å². The van der Waals surface area contributed by atoms with Crippen LogP contribution in [0.15, 0.2) is 24.3 Å². The Morgan fingerprint density at radius 3 is 2.47 bits per heavy atom. The van der Waals surface area contributed by atoms with Gasteiger partial charge < -0.3 is 0 Å². The van der Waals surface area contributed by atoms with Crippen molar-refractivity contribution in [3.63, 3.8) is 0 Å². The zero-order valence-electron chi connectivity index (χ0n) is 8.65. The maximum Gasteiger partial charge on any atom is 0.0991 e. The topological polar surface area (TPSA) is 36.3 Å². The van der Waals surface area contributed by atoms with Crippen molar-refractivity contribution in [1.82, 2.24) is 5.06 Å². The molecule has 1 aliphatic heterocycles. The Morgan fingerprint density at radius 2 is 1.87 bits per heavy atom. The fourth-order valence-corrected chi connectivity index (χ4v) is 1.66. The Bertz CT molecular complexity index is 347. The summed E-state index contributed by atoms with van der Waals surface area (Å²) in [5.41, 5.74) is 1.81. The minimum absolute atomic E-state index is 0.603. The van der Waals surface area contributed by atoms with Gasteiger partial charge in [0.05, 0.1) is 18.2 Å². The van der Waals surface area contributed by atoms with Gasteiger partial charge in [0.1, 0.15) is 0 Å². The van der Waals surface area contributed by atoms with Crippen LogP contribution in [0.5, 0.6) is 0 Å². The quantitative estimate of drug-likeness (QED) is 0.753. The highest BCUT2D eigenvalue weighted by Gasteiger charge is 2.11. The van der Waals surface area contributed by atoms with Crippen molar-refractivity contribution in [2.45, 2.75) is 19.4 Å². The van der Waals surface area contributed by atoms with Crippen LogP contribution < -0.4 is 0 Å². The molecule has 3 heteroatoms. The van der Waals surface area contributed by atoms with Crippen LogP contribution in [0.1, 0.15) is 24.0 Å². The molecule has 0 saturated carbocycles. The van der Waals surface area contributed by atoms with Crippen molar-refractivity contribution in [3.05, 3.63) is 35.4 Å². The second-order valence-electron chi connectivity index (χ2n) is 3.72. The summed E-state index contributed by atoms with van der Waals surface area (Å²) in [5.74, 6) is 0. The molecule has 1 heterocycles. The van der Waals surface area contributed by atoms with Gasteiger partial charge in [0.2, 0.25) is 0 Å². The van der Waals surface area contributed by atoms with E-state index in [1.807, 2.05) is 29.3 Å². The van der Waals surface area contributed by atoms with Crippen molar-refractivity contribution in [2.24, 2.45) is 0 Å². The largest absolute Gasteiger partial charge is 0.294 e. The van der Waals surface area contributed by atoms with Gasteiger partial charge in [-0.3, -0.25) is 4.84 Å². The maximum absolute atomic E-state index is 8.64. The summed E-state index contributed by atoms with van der Waals surface area (Å²) < 4.78 is 0. The molecule has 1 aromatic carbocycles. The second-order valence-corrected chi connectivity index (χ2v) is 3.72. The number of nitrogens with zero attached hydrogens (tertiary/aromatic N) is 2. The van der Waals surface area contributed by atoms with Gasteiger partial charge >= 0.3 is 0 Å². The standard InChI is InChI=1S/C12H14N2O/c13-9-11-3-5-12(6-4-11)10-15-14-7-1-2-8-14/h3-6H,1-2,7-8,10H2. The average Bonchev–Trinajstić information content (AvgIpc) is 2.80. The van der Waals surface area contributed by atoms with Crippen LogP contribution in [0, 0.1) is 11.3 Å². The number of hydrogen-bond acceptors (Lipinski definition) is 3. The molecule has 0 spiro atoms. The van der Waals surface area contributed by atoms with Crippen molar-refractivity contribution in [1.29, 1.82) is 5.26 Å². The fourth-order valence-electron chi connectivity index (χ4n) is 1.66. The molecule has 0 bridgehead atoms. The number of benzene rings is 1. The molecule has 2 rings (SSSR count). The summed E-state index contributed by atoms with van der Waals surface area (Å²) in [5, 5.41) is 10.7. The maximum atomic E-state index is 8.64. The number of rotatable bonds is 3. The van der Waals surface area contributed by atoms with E-state index in [2.05, 4.69) is 6.07 Å². The predicted molar refractivity (Wildman–Crippen MR) is 56.8 cm³/mol. The Hall–Kier alpha value is -1.37. The average molecular weight is 202 g/mol. The molecule has 1 aromatic rings. The first kappa shape index (κ1) is 10.2. The predicted octanol–water partition coefficient (Wildman–Crippen LogP) is 2.09. The Morgan fingerprint density at radius 1 is 1.20 bits per heavy atom. The molecule has 3 nitrogen and oxygen atoms in total. The van der Waals surface area contributed by atoms with Crippen LogP contribution in [-0.2, 0) is 11.4 Å². The molecule has 0 N–H and O–H groups in total. The summed E-state index contributed by atoms with van der Waals surface area (Å²) in [7, 11) is 0. The van der Waals surface area contributed by atoms with Crippen molar-refractivity contribution < 1.29 is 4.84 Å². The van der Waals surface area contributed by atoms with E-state index in [1.54, 1.807) is 0 Å². The number of nitriles is 1. The molecule has 0 amide bonds. The molecule has 1 fully saturated rings. The SMILES string of the molecule is N#Cc1ccc(CON2CCCC2)cc1. The Balaban J connectivity index is 1.85. The van der Waals surface area contributed by atoms with Gasteiger partial charge in [0.15, 0.2) is 0 Å². The molecule has 0 unspecified atom stereocenters. The van der Waals surface area contributed by atoms with Crippen LogP contribution in [0.4, 0.5) is 0 Å². The minimum atomic E-state index is 0.603. The third-order valence-electron chi connectivity index (χ3n) is 2.56. The first-order chi connectivity index (χ1) is 7.38. The van der Waals surface area contributed by atoms with E-state index in [4.69, 9.17) is 10.1 Å². The molecule has 1 aliphatic rings. The lowest BCUT2D eigenvalue weighted by Gasteiger charge is -2.14. The summed E-state index contributed by atoms with van der Waals surface area (Å²) in [6, 6.07) is 9.62. The minimum Gasteiger partial charge on any atom is -0.294 e. The van der Waals surface area contributed by atoms with Crippen molar-refractivity contribution in [2.75, 3.05) is 13.1 Å². The number of hydrogen-bond donors (Lipinski definition) is 0. The van der Waals surface area contributed by atoms with E-state index < -0.39 is 0 Å². The van der Waals surface area contributed by atoms with E-state index in [0.29, 0.717) is 12.2 Å². The van der Waals surface area contributed by atoms with E-state index in [-0.39, 0.29) is 0 Å². The third-order valence-corrected chi connectivity index (χ3v) is 2.56. The summed E-state index contributed by atoms with van der Waals surface area (Å²) >= 11 is 0. The molecule has 1 saturated heterocycles. The van der Waals surface area contributed by atoms with E-state index in [1.165, 1.54) is 12.8 Å². The van der Waals surface area contributed by atoms with Gasteiger partial charge in [-0.05, 0) is 30.5 Å². The van der Waals surface area contributed by atoms with Gasteiger partial charge in [-0.1, -0.05) is 12.1 Å². The lowest BCUT2D eigenvalue weighted by molar-refractivity contribution is -0.153. The fraction of sp³-hybridized carbons (Fsp3) is 0.417. The number of hydroxylamine groups is 2. The molecule has 78 valence electrons. The summed E-state index contributed by atoms with van der Waals surface area (Å²) in [6.45, 7) is 2.68. The van der Waals surface area contributed by atoms with Crippen LogP contribution in [-0.4, -0.2) is 18.2 Å². The molecule has 0 aliphatic carbocycles. The molecule has 0 atom stereocenters. The van der Waals surface area contributed by atoms with Crippen LogP contribution in [0.2, 0.25) is 0 Å². The third kappa shape index (κ3) is 2.79. The lowest BCUT2D eigenvalue weighted by atomic mass is 10.2. The van der Waals surface area contributed by atoms with Crippen molar-refractivity contribution >= 4 is 0 Å². The molecular formula is C12H14N2O. The zero-order chi connectivity index (χ0) is 10.5. The first-order valence-electron chi connectivity index (χ1n) is 5.25. The molecular weight excluding hydrogens is 188 g/mol. The van der Waals surface area contributed by atoms with Gasteiger partial charge in [-0.25, -0.2) is 0 Å². The van der Waals surface area contributed by atoms with Crippen LogP contribution >= 0.6 is 0 Å². The second kappa shape index (κ2) is 4.92. The Labute approximate surface area is 89.8 Å². The highest BCUT2D eigenvalue weighted by atomic mass is 16.7. The van der Waals surface area contributed by atoms with Gasteiger partial charge in [-0.2, -0.15) is 10.3 Å². The Kier molecular flexibility index (Phi) is 3.33. The summed E-state index contributed by atoms with van der Waals surface area (Å²) in [6.07, 6.45) is 2.46. The highest BCUT2D eigenvalue weighted by Crippen LogP contribution is 2.11. The highest BCUT2D eigenvalue weighted by molar-refractivity contribution is 5.31. The van der Waals surface area contributed by atoms with Gasteiger partial charge in [0.25, 0.3) is 0 Å². The summed E-state index contributed by atoms with van der Waals surface area (Å²) in [4.78, 5) is 5.61. The van der Waals surface area contributed by atoms with Crippen molar-refractivity contribution in [3.8, 4) is 6.07 Å². The van der Waals surface area contributed by atoms with Crippen LogP contribution in [0.25, 0.3) is 0 Å². The lowest BCUT2D eigenvalue weighted by Crippen LogP contribution is -2.19. The van der Waals surface area contributed by atoms with E-state index >= 15 is 0 Å². The smallest absolute Gasteiger partial charge is 0.0991 e. The normalized spacial score (nSPS) is 16.5. The van der Waals surface area contributed by atoms with E-state index in [9.17, 15) is 0 Å². The molecule has 0 radical (unpaired) electrons. The molecule has 15 heavy (non-hydrogen) atoms. The van der Waals surface area contributed by atoms with Gasteiger partial charge in [-0.15, -0.1) is 0 Å². The monoisotopic (exact) mass is 202 g/mol. The molecule has 0 aromatic heterocycles. The zero-order valence-corrected chi connectivity index (χ0v) is 8.65. The van der Waals surface area contributed by atoms with Crippen LogP contribution in [0.3, 0.4) is 0 Å².